The van der Waals surface area contributed by atoms with Crippen LogP contribution in [0.5, 0.6) is 5.75 Å². The van der Waals surface area contributed by atoms with E-state index in [9.17, 15) is 0 Å². The Balaban J connectivity index is 1.33. The third kappa shape index (κ3) is 5.62. The maximum Gasteiger partial charge on any atom is 0.118 e. The molecule has 4 nitrogen and oxygen atoms in total. The van der Waals surface area contributed by atoms with E-state index >= 15 is 0 Å². The zero-order chi connectivity index (χ0) is 21.3. The Morgan fingerprint density at radius 1 is 0.774 bits per heavy atom. The number of nitrogens with zero attached hydrogens (tertiary/aromatic N) is 1. The van der Waals surface area contributed by atoms with Crippen molar-refractivity contribution < 1.29 is 9.47 Å². The molecule has 1 N–H and O–H groups in total. The zero-order valence-electron chi connectivity index (χ0n) is 17.9. The van der Waals surface area contributed by atoms with Crippen LogP contribution in [0.15, 0.2) is 84.9 Å². The third-order valence-corrected chi connectivity index (χ3v) is 5.24. The molecule has 158 valence electrons. The number of nitrogens with one attached hydrogen (secondary N) is 1. The van der Waals surface area contributed by atoms with Gasteiger partial charge in [-0.1, -0.05) is 72.8 Å². The number of ether oxygens (including phenoxy) is 2. The van der Waals surface area contributed by atoms with Gasteiger partial charge in [-0.25, -0.2) is 4.98 Å². The Bertz CT molecular complexity index is 1000. The van der Waals surface area contributed by atoms with Gasteiger partial charge in [-0.2, -0.15) is 0 Å². The molecule has 0 bridgehead atoms. The number of hydrogen-bond donors (Lipinski definition) is 1. The monoisotopic (exact) mass is 412 g/mol. The fourth-order valence-electron chi connectivity index (χ4n) is 3.57. The second kappa shape index (κ2) is 10.6. The molecule has 1 aromatic heterocycles. The molecule has 0 radical (unpaired) electrons. The van der Waals surface area contributed by atoms with E-state index in [1.165, 1.54) is 0 Å². The van der Waals surface area contributed by atoms with Crippen molar-refractivity contribution in [2.75, 3.05) is 13.7 Å². The first-order valence-electron chi connectivity index (χ1n) is 10.7. The zero-order valence-corrected chi connectivity index (χ0v) is 17.9. The molecule has 0 fully saturated rings. The number of aryl methyl sites for hydroxylation is 1. The van der Waals surface area contributed by atoms with Gasteiger partial charge in [0.1, 0.15) is 11.6 Å². The normalized spacial score (nSPS) is 10.9. The molecule has 4 aromatic rings. The highest BCUT2D eigenvalue weighted by Crippen LogP contribution is 2.30. The lowest BCUT2D eigenvalue weighted by Crippen LogP contribution is -1.97. The van der Waals surface area contributed by atoms with Gasteiger partial charge >= 0.3 is 0 Å². The standard InChI is InChI=1S/C27H28N2O2/c1-30-24-17-15-21(16-18-24)20-31-19-9-8-14-25-28-26(22-10-4-2-5-11-22)27(29-25)23-12-6-3-7-13-23/h2-7,10-13,15-18H,8-9,14,19-20H2,1H3,(H,28,29). The van der Waals surface area contributed by atoms with Gasteiger partial charge < -0.3 is 14.5 Å². The number of benzene rings is 3. The van der Waals surface area contributed by atoms with E-state index in [4.69, 9.17) is 14.5 Å². The molecular formula is C27H28N2O2. The number of aromatic amines is 1. The average molecular weight is 413 g/mol. The lowest BCUT2D eigenvalue weighted by molar-refractivity contribution is 0.117. The van der Waals surface area contributed by atoms with Crippen LogP contribution in [-0.4, -0.2) is 23.7 Å². The summed E-state index contributed by atoms with van der Waals surface area (Å²) in [6, 6.07) is 28.8. The Morgan fingerprint density at radius 3 is 2.13 bits per heavy atom. The summed E-state index contributed by atoms with van der Waals surface area (Å²) in [5, 5.41) is 0. The number of methoxy groups -OCH3 is 1. The average Bonchev–Trinajstić information content (AvgIpc) is 3.27. The summed E-state index contributed by atoms with van der Waals surface area (Å²) in [5.74, 6) is 1.89. The predicted octanol–water partition coefficient (Wildman–Crippen LogP) is 6.29. The second-order valence-corrected chi connectivity index (χ2v) is 7.50. The van der Waals surface area contributed by atoms with Gasteiger partial charge in [-0.05, 0) is 30.5 Å². The Hall–Kier alpha value is -3.37. The van der Waals surface area contributed by atoms with Crippen LogP contribution in [0.25, 0.3) is 22.5 Å². The van der Waals surface area contributed by atoms with E-state index in [0.717, 1.165) is 65.5 Å². The minimum atomic E-state index is 0.626. The van der Waals surface area contributed by atoms with Crippen molar-refractivity contribution in [3.8, 4) is 28.3 Å². The number of rotatable bonds is 10. The molecule has 0 aliphatic heterocycles. The van der Waals surface area contributed by atoms with Crippen molar-refractivity contribution in [1.29, 1.82) is 0 Å². The van der Waals surface area contributed by atoms with Crippen LogP contribution in [0, 0.1) is 0 Å². The highest BCUT2D eigenvalue weighted by molar-refractivity contribution is 5.78. The van der Waals surface area contributed by atoms with Gasteiger partial charge in [0.15, 0.2) is 0 Å². The summed E-state index contributed by atoms with van der Waals surface area (Å²) >= 11 is 0. The smallest absolute Gasteiger partial charge is 0.118 e. The van der Waals surface area contributed by atoms with E-state index in [1.54, 1.807) is 7.11 Å². The van der Waals surface area contributed by atoms with Gasteiger partial charge in [0, 0.05) is 24.2 Å². The van der Waals surface area contributed by atoms with Crippen LogP contribution >= 0.6 is 0 Å². The van der Waals surface area contributed by atoms with Crippen LogP contribution in [-0.2, 0) is 17.8 Å². The minimum absolute atomic E-state index is 0.626. The minimum Gasteiger partial charge on any atom is -0.497 e. The molecule has 0 atom stereocenters. The summed E-state index contributed by atoms with van der Waals surface area (Å²) in [6.07, 6.45) is 2.93. The number of H-pyrrole nitrogens is 1. The number of aromatic nitrogens is 2. The van der Waals surface area contributed by atoms with Gasteiger partial charge in [0.25, 0.3) is 0 Å². The lowest BCUT2D eigenvalue weighted by Gasteiger charge is -2.05. The predicted molar refractivity (Wildman–Crippen MR) is 125 cm³/mol. The van der Waals surface area contributed by atoms with Gasteiger partial charge in [-0.15, -0.1) is 0 Å². The molecule has 3 aromatic carbocycles. The van der Waals surface area contributed by atoms with Crippen LogP contribution in [0.1, 0.15) is 24.2 Å². The van der Waals surface area contributed by atoms with Crippen molar-refractivity contribution in [2.45, 2.75) is 25.9 Å². The van der Waals surface area contributed by atoms with E-state index in [-0.39, 0.29) is 0 Å². The first kappa shape index (κ1) is 20.9. The molecule has 0 unspecified atom stereocenters. The number of unbranched alkanes of at least 4 members (excludes halogenated alkanes) is 1. The topological polar surface area (TPSA) is 47.1 Å². The van der Waals surface area contributed by atoms with Crippen molar-refractivity contribution in [3.05, 3.63) is 96.3 Å². The van der Waals surface area contributed by atoms with Gasteiger partial charge in [-0.3, -0.25) is 0 Å². The Morgan fingerprint density at radius 2 is 1.45 bits per heavy atom. The molecule has 0 saturated heterocycles. The molecular weight excluding hydrogens is 384 g/mol. The highest BCUT2D eigenvalue weighted by atomic mass is 16.5. The molecule has 1 heterocycles. The Kier molecular flexibility index (Phi) is 7.14. The molecule has 0 saturated carbocycles. The van der Waals surface area contributed by atoms with Crippen LogP contribution in [0.3, 0.4) is 0 Å². The van der Waals surface area contributed by atoms with Crippen molar-refractivity contribution >= 4 is 0 Å². The molecule has 0 spiro atoms. The molecule has 0 aliphatic carbocycles. The van der Waals surface area contributed by atoms with E-state index in [0.29, 0.717) is 6.61 Å². The summed E-state index contributed by atoms with van der Waals surface area (Å²) < 4.78 is 11.0. The van der Waals surface area contributed by atoms with Crippen molar-refractivity contribution in [3.63, 3.8) is 0 Å². The number of hydrogen-bond acceptors (Lipinski definition) is 3. The summed E-state index contributed by atoms with van der Waals surface area (Å²) in [7, 11) is 1.68. The summed E-state index contributed by atoms with van der Waals surface area (Å²) in [6.45, 7) is 1.37. The quantitative estimate of drug-likeness (QED) is 0.311. The fourth-order valence-corrected chi connectivity index (χ4v) is 3.57. The molecule has 31 heavy (non-hydrogen) atoms. The third-order valence-electron chi connectivity index (χ3n) is 5.24. The van der Waals surface area contributed by atoms with Gasteiger partial charge in [0.05, 0.1) is 25.1 Å². The molecule has 4 rings (SSSR count). The lowest BCUT2D eigenvalue weighted by atomic mass is 10.1. The number of imidazole rings is 1. The van der Waals surface area contributed by atoms with Gasteiger partial charge in [0.2, 0.25) is 0 Å². The molecule has 4 heteroatoms. The second-order valence-electron chi connectivity index (χ2n) is 7.50. The highest BCUT2D eigenvalue weighted by Gasteiger charge is 2.13. The Labute approximate surface area is 183 Å². The summed E-state index contributed by atoms with van der Waals surface area (Å²) in [5.41, 5.74) is 5.54. The summed E-state index contributed by atoms with van der Waals surface area (Å²) in [4.78, 5) is 8.49. The van der Waals surface area contributed by atoms with Crippen molar-refractivity contribution in [1.82, 2.24) is 9.97 Å². The first-order valence-corrected chi connectivity index (χ1v) is 10.7. The largest absolute Gasteiger partial charge is 0.497 e. The van der Waals surface area contributed by atoms with E-state index < -0.39 is 0 Å². The maximum absolute atomic E-state index is 5.83. The van der Waals surface area contributed by atoms with Crippen LogP contribution in [0.4, 0.5) is 0 Å². The van der Waals surface area contributed by atoms with E-state index in [2.05, 4.69) is 53.5 Å². The maximum atomic E-state index is 5.83. The molecule has 0 amide bonds. The van der Waals surface area contributed by atoms with Crippen LogP contribution < -0.4 is 4.74 Å². The van der Waals surface area contributed by atoms with E-state index in [1.807, 2.05) is 36.4 Å². The molecule has 0 aliphatic rings. The SMILES string of the molecule is COc1ccc(COCCCCc2nc(-c3ccccc3)c(-c3ccccc3)[nH]2)cc1. The van der Waals surface area contributed by atoms with Crippen LogP contribution in [0.2, 0.25) is 0 Å². The fraction of sp³-hybridized carbons (Fsp3) is 0.222. The first-order chi connectivity index (χ1) is 15.3. The van der Waals surface area contributed by atoms with Crippen molar-refractivity contribution in [2.24, 2.45) is 0 Å².